The summed E-state index contributed by atoms with van der Waals surface area (Å²) in [6.07, 6.45) is 1.30. The molecule has 0 fully saturated rings. The van der Waals surface area contributed by atoms with E-state index in [0.29, 0.717) is 12.4 Å². The summed E-state index contributed by atoms with van der Waals surface area (Å²) in [5.41, 5.74) is 11.1. The van der Waals surface area contributed by atoms with E-state index in [1.54, 1.807) is 6.92 Å². The number of ether oxygens (including phenoxy) is 1. The second-order valence-corrected chi connectivity index (χ2v) is 3.14. The summed E-state index contributed by atoms with van der Waals surface area (Å²) in [5, 5.41) is 2.78. The molecule has 1 aromatic heterocycles. The molecule has 1 aromatic rings. The lowest BCUT2D eigenvalue weighted by Gasteiger charge is -2.13. The Morgan fingerprint density at radius 3 is 2.88 bits per heavy atom. The van der Waals surface area contributed by atoms with Crippen molar-refractivity contribution in [1.82, 2.24) is 9.97 Å². The molecule has 0 bridgehead atoms. The Hall–Kier alpha value is -2.05. The smallest absolute Gasteiger partial charge is 0.242 e. The number of anilines is 2. The van der Waals surface area contributed by atoms with Gasteiger partial charge in [-0.3, -0.25) is 4.79 Å². The molecule has 1 heterocycles. The number of nitrogen functional groups attached to an aromatic ring is 1. The zero-order valence-corrected chi connectivity index (χ0v) is 9.23. The summed E-state index contributed by atoms with van der Waals surface area (Å²) in [5.74, 6) is 0.136. The molecule has 1 rings (SSSR count). The standard InChI is InChI=1S/C9H15N5O2/c1-3-16-9-6(10)8(12-4-13-9)14-5(2)7(11)15/h4-5H,3,10H2,1-2H3,(H2,11,15)(H,12,13,14). The highest BCUT2D eigenvalue weighted by atomic mass is 16.5. The fourth-order valence-corrected chi connectivity index (χ4v) is 1.02. The van der Waals surface area contributed by atoms with Crippen LogP contribution in [-0.4, -0.2) is 28.5 Å². The number of primary amides is 1. The molecule has 0 saturated heterocycles. The molecule has 1 atom stereocenters. The number of nitrogens with two attached hydrogens (primary N) is 2. The van der Waals surface area contributed by atoms with Crippen molar-refractivity contribution in [2.24, 2.45) is 5.73 Å². The molecule has 0 aliphatic carbocycles. The molecule has 1 amide bonds. The zero-order chi connectivity index (χ0) is 12.1. The fourth-order valence-electron chi connectivity index (χ4n) is 1.02. The summed E-state index contributed by atoms with van der Waals surface area (Å²) in [6.45, 7) is 3.89. The minimum atomic E-state index is -0.563. The van der Waals surface area contributed by atoms with Gasteiger partial charge >= 0.3 is 0 Å². The molecule has 7 heteroatoms. The molecule has 0 aliphatic rings. The maximum absolute atomic E-state index is 10.9. The second kappa shape index (κ2) is 5.15. The van der Waals surface area contributed by atoms with E-state index >= 15 is 0 Å². The van der Waals surface area contributed by atoms with E-state index in [2.05, 4.69) is 15.3 Å². The number of hydrogen-bond donors (Lipinski definition) is 3. The zero-order valence-electron chi connectivity index (χ0n) is 9.23. The number of aromatic nitrogens is 2. The highest BCUT2D eigenvalue weighted by Crippen LogP contribution is 2.24. The van der Waals surface area contributed by atoms with Crippen LogP contribution >= 0.6 is 0 Å². The summed E-state index contributed by atoms with van der Waals surface area (Å²) in [4.78, 5) is 18.6. The van der Waals surface area contributed by atoms with Gasteiger partial charge in [0.25, 0.3) is 0 Å². The summed E-state index contributed by atoms with van der Waals surface area (Å²) >= 11 is 0. The maximum atomic E-state index is 10.9. The maximum Gasteiger partial charge on any atom is 0.242 e. The first-order chi connectivity index (χ1) is 7.56. The average molecular weight is 225 g/mol. The topological polar surface area (TPSA) is 116 Å². The van der Waals surface area contributed by atoms with Gasteiger partial charge in [0.1, 0.15) is 18.1 Å². The van der Waals surface area contributed by atoms with Gasteiger partial charge in [0, 0.05) is 0 Å². The highest BCUT2D eigenvalue weighted by Gasteiger charge is 2.13. The van der Waals surface area contributed by atoms with Crippen LogP contribution in [0.3, 0.4) is 0 Å². The van der Waals surface area contributed by atoms with Gasteiger partial charge in [-0.1, -0.05) is 0 Å². The van der Waals surface area contributed by atoms with Crippen LogP contribution in [0, 0.1) is 0 Å². The van der Waals surface area contributed by atoms with Crippen LogP contribution in [0.1, 0.15) is 13.8 Å². The number of rotatable bonds is 5. The van der Waals surface area contributed by atoms with Crippen molar-refractivity contribution in [2.75, 3.05) is 17.7 Å². The number of carbonyl (C=O) groups is 1. The Morgan fingerprint density at radius 2 is 2.31 bits per heavy atom. The van der Waals surface area contributed by atoms with Gasteiger partial charge in [-0.15, -0.1) is 0 Å². The molecule has 0 saturated carbocycles. The van der Waals surface area contributed by atoms with Gasteiger partial charge < -0.3 is 21.5 Å². The van der Waals surface area contributed by atoms with E-state index in [1.165, 1.54) is 6.33 Å². The van der Waals surface area contributed by atoms with Crippen LogP contribution in [-0.2, 0) is 4.79 Å². The molecular weight excluding hydrogens is 210 g/mol. The quantitative estimate of drug-likeness (QED) is 0.636. The van der Waals surface area contributed by atoms with Crippen LogP contribution < -0.4 is 21.5 Å². The summed E-state index contributed by atoms with van der Waals surface area (Å²) < 4.78 is 5.19. The van der Waals surface area contributed by atoms with Crippen LogP contribution in [0.5, 0.6) is 5.88 Å². The van der Waals surface area contributed by atoms with Crippen LogP contribution in [0.25, 0.3) is 0 Å². The molecule has 5 N–H and O–H groups in total. The van der Waals surface area contributed by atoms with Gasteiger partial charge in [-0.2, -0.15) is 4.98 Å². The van der Waals surface area contributed by atoms with Crippen molar-refractivity contribution in [2.45, 2.75) is 19.9 Å². The molecular formula is C9H15N5O2. The third kappa shape index (κ3) is 2.72. The number of nitrogens with one attached hydrogen (secondary N) is 1. The molecule has 0 radical (unpaired) electrons. The summed E-state index contributed by atoms with van der Waals surface area (Å²) in [7, 11) is 0. The van der Waals surface area contributed by atoms with Crippen molar-refractivity contribution in [3.8, 4) is 5.88 Å². The lowest BCUT2D eigenvalue weighted by molar-refractivity contribution is -0.118. The van der Waals surface area contributed by atoms with E-state index in [-0.39, 0.29) is 11.6 Å². The minimum Gasteiger partial charge on any atom is -0.476 e. The van der Waals surface area contributed by atoms with Gasteiger partial charge in [0.15, 0.2) is 5.82 Å². The second-order valence-electron chi connectivity index (χ2n) is 3.14. The van der Waals surface area contributed by atoms with E-state index in [0.717, 1.165) is 0 Å². The van der Waals surface area contributed by atoms with E-state index < -0.39 is 11.9 Å². The van der Waals surface area contributed by atoms with Crippen molar-refractivity contribution in [1.29, 1.82) is 0 Å². The predicted molar refractivity (Wildman–Crippen MR) is 59.9 cm³/mol. The largest absolute Gasteiger partial charge is 0.476 e. The van der Waals surface area contributed by atoms with Gasteiger partial charge in [-0.25, -0.2) is 4.98 Å². The molecule has 0 aromatic carbocycles. The number of carbonyl (C=O) groups excluding carboxylic acids is 1. The number of nitrogens with zero attached hydrogens (tertiary/aromatic N) is 2. The molecule has 1 unspecified atom stereocenters. The average Bonchev–Trinajstić information content (AvgIpc) is 2.24. The van der Waals surface area contributed by atoms with Crippen LogP contribution in [0.15, 0.2) is 6.33 Å². The Kier molecular flexibility index (Phi) is 3.87. The Balaban J connectivity index is 2.88. The van der Waals surface area contributed by atoms with Gasteiger partial charge in [0.2, 0.25) is 11.8 Å². The van der Waals surface area contributed by atoms with Crippen molar-refractivity contribution >= 4 is 17.4 Å². The Morgan fingerprint density at radius 1 is 1.62 bits per heavy atom. The number of amides is 1. The van der Waals surface area contributed by atoms with Crippen molar-refractivity contribution < 1.29 is 9.53 Å². The molecule has 16 heavy (non-hydrogen) atoms. The van der Waals surface area contributed by atoms with E-state index in [4.69, 9.17) is 16.2 Å². The van der Waals surface area contributed by atoms with Crippen molar-refractivity contribution in [3.63, 3.8) is 0 Å². The fraction of sp³-hybridized carbons (Fsp3) is 0.444. The van der Waals surface area contributed by atoms with Crippen LogP contribution in [0.2, 0.25) is 0 Å². The predicted octanol–water partition coefficient (Wildman–Crippen LogP) is -0.257. The van der Waals surface area contributed by atoms with Gasteiger partial charge in [-0.05, 0) is 13.8 Å². The van der Waals surface area contributed by atoms with Crippen molar-refractivity contribution in [3.05, 3.63) is 6.33 Å². The lowest BCUT2D eigenvalue weighted by Crippen LogP contribution is -2.33. The third-order valence-electron chi connectivity index (χ3n) is 1.91. The molecule has 88 valence electrons. The van der Waals surface area contributed by atoms with Crippen LogP contribution in [0.4, 0.5) is 11.5 Å². The van der Waals surface area contributed by atoms with E-state index in [9.17, 15) is 4.79 Å². The van der Waals surface area contributed by atoms with Gasteiger partial charge in [0.05, 0.1) is 6.61 Å². The lowest BCUT2D eigenvalue weighted by atomic mass is 10.3. The highest BCUT2D eigenvalue weighted by molar-refractivity contribution is 5.83. The first-order valence-electron chi connectivity index (χ1n) is 4.85. The minimum absolute atomic E-state index is 0.262. The third-order valence-corrected chi connectivity index (χ3v) is 1.91. The normalized spacial score (nSPS) is 11.9. The first-order valence-corrected chi connectivity index (χ1v) is 4.85. The monoisotopic (exact) mass is 225 g/mol. The SMILES string of the molecule is CCOc1ncnc(NC(C)C(N)=O)c1N. The first kappa shape index (κ1) is 12.0. The molecule has 0 spiro atoms. The molecule has 7 nitrogen and oxygen atoms in total. The molecule has 0 aliphatic heterocycles. The summed E-state index contributed by atoms with van der Waals surface area (Å²) in [6, 6.07) is -0.563. The van der Waals surface area contributed by atoms with E-state index in [1.807, 2.05) is 6.92 Å². The Labute approximate surface area is 93.2 Å². The number of hydrogen-bond acceptors (Lipinski definition) is 6. The Bertz CT molecular complexity index is 382.